The van der Waals surface area contributed by atoms with E-state index in [2.05, 4.69) is 11.4 Å². The third-order valence-electron chi connectivity index (χ3n) is 3.97. The molecular weight excluding hydrogens is 272 g/mol. The van der Waals surface area contributed by atoms with Gasteiger partial charge < -0.3 is 5.32 Å². The summed E-state index contributed by atoms with van der Waals surface area (Å²) in [5.41, 5.74) is 0.160. The Bertz CT molecular complexity index is 496. The van der Waals surface area contributed by atoms with E-state index in [-0.39, 0.29) is 5.91 Å². The number of nitrogens with zero attached hydrogens (tertiary/aromatic N) is 1. The normalized spacial score (nSPS) is 17.8. The Morgan fingerprint density at radius 1 is 1.20 bits per heavy atom. The zero-order valence-corrected chi connectivity index (χ0v) is 12.2. The molecule has 0 unspecified atom stereocenters. The minimum absolute atomic E-state index is 0.128. The van der Waals surface area contributed by atoms with Gasteiger partial charge in [-0.1, -0.05) is 49.4 Å². The van der Waals surface area contributed by atoms with Crippen LogP contribution < -0.4 is 5.32 Å². The monoisotopic (exact) mass is 290 g/mol. The molecule has 0 bridgehead atoms. The first kappa shape index (κ1) is 14.9. The van der Waals surface area contributed by atoms with Gasteiger partial charge in [0.2, 0.25) is 5.91 Å². The lowest BCUT2D eigenvalue weighted by Crippen LogP contribution is -2.39. The average molecular weight is 291 g/mol. The predicted octanol–water partition coefficient (Wildman–Crippen LogP) is 3.82. The van der Waals surface area contributed by atoms with Crippen molar-refractivity contribution in [2.45, 2.75) is 45.1 Å². The lowest BCUT2D eigenvalue weighted by atomic mass is 9.81. The second kappa shape index (κ2) is 6.76. The van der Waals surface area contributed by atoms with Crippen LogP contribution in [-0.2, 0) is 11.3 Å². The zero-order chi connectivity index (χ0) is 14.4. The summed E-state index contributed by atoms with van der Waals surface area (Å²) < 4.78 is 0. The lowest BCUT2D eigenvalue weighted by molar-refractivity contribution is -0.129. The minimum Gasteiger partial charge on any atom is -0.351 e. The molecule has 1 fully saturated rings. The second-order valence-corrected chi connectivity index (χ2v) is 5.85. The van der Waals surface area contributed by atoms with Crippen LogP contribution in [0, 0.1) is 16.7 Å². The molecule has 1 aromatic carbocycles. The number of benzene rings is 1. The molecule has 1 aromatic rings. The van der Waals surface area contributed by atoms with Crippen molar-refractivity contribution >= 4 is 17.5 Å². The van der Waals surface area contributed by atoms with Gasteiger partial charge in [0.25, 0.3) is 0 Å². The molecular formula is C16H19ClN2O. The zero-order valence-electron chi connectivity index (χ0n) is 11.5. The molecule has 3 nitrogen and oxygen atoms in total. The third kappa shape index (κ3) is 3.52. The lowest BCUT2D eigenvalue weighted by Gasteiger charge is -2.23. The highest BCUT2D eigenvalue weighted by Gasteiger charge is 2.38. The summed E-state index contributed by atoms with van der Waals surface area (Å²) in [6.07, 6.45) is 5.51. The van der Waals surface area contributed by atoms with Crippen LogP contribution in [0.4, 0.5) is 0 Å². The maximum Gasteiger partial charge on any atom is 0.240 e. The van der Waals surface area contributed by atoms with Crippen LogP contribution in [-0.4, -0.2) is 5.91 Å². The molecule has 1 N–H and O–H groups in total. The molecule has 106 valence electrons. The van der Waals surface area contributed by atoms with Crippen molar-refractivity contribution in [3.63, 3.8) is 0 Å². The van der Waals surface area contributed by atoms with Gasteiger partial charge in [0.05, 0.1) is 6.07 Å². The van der Waals surface area contributed by atoms with E-state index in [1.165, 1.54) is 0 Å². The standard InChI is InChI=1S/C16H19ClN2O/c17-14-7-5-13(6-8-14)11-19-15(20)16(12-18)9-3-1-2-4-10-16/h5-8H,1-4,9-11H2,(H,19,20). The van der Waals surface area contributed by atoms with Gasteiger partial charge in [0.1, 0.15) is 5.41 Å². The molecule has 0 aromatic heterocycles. The fraction of sp³-hybridized carbons (Fsp3) is 0.500. The van der Waals surface area contributed by atoms with E-state index in [0.29, 0.717) is 24.4 Å². The number of nitriles is 1. The van der Waals surface area contributed by atoms with E-state index in [0.717, 1.165) is 31.2 Å². The molecule has 0 radical (unpaired) electrons. The van der Waals surface area contributed by atoms with Gasteiger partial charge in [-0.2, -0.15) is 5.26 Å². The first-order chi connectivity index (χ1) is 9.66. The number of hydrogen-bond donors (Lipinski definition) is 1. The molecule has 0 atom stereocenters. The Kier molecular flexibility index (Phi) is 5.03. The third-order valence-corrected chi connectivity index (χ3v) is 4.22. The fourth-order valence-corrected chi connectivity index (χ4v) is 2.80. The number of rotatable bonds is 3. The molecule has 2 rings (SSSR count). The van der Waals surface area contributed by atoms with Crippen molar-refractivity contribution in [1.82, 2.24) is 5.32 Å². The highest BCUT2D eigenvalue weighted by atomic mass is 35.5. The van der Waals surface area contributed by atoms with E-state index >= 15 is 0 Å². The SMILES string of the molecule is N#CC1(C(=O)NCc2ccc(Cl)cc2)CCCCCC1. The van der Waals surface area contributed by atoms with Crippen LogP contribution in [0.15, 0.2) is 24.3 Å². The Balaban J connectivity index is 1.99. The molecule has 1 amide bonds. The topological polar surface area (TPSA) is 52.9 Å². The summed E-state index contributed by atoms with van der Waals surface area (Å²) in [7, 11) is 0. The number of amides is 1. The number of hydrogen-bond acceptors (Lipinski definition) is 2. The molecule has 0 aliphatic heterocycles. The van der Waals surface area contributed by atoms with Crippen molar-refractivity contribution in [3.8, 4) is 6.07 Å². The van der Waals surface area contributed by atoms with Crippen LogP contribution in [0.1, 0.15) is 44.1 Å². The summed E-state index contributed by atoms with van der Waals surface area (Å²) in [6, 6.07) is 9.64. The number of nitrogens with one attached hydrogen (secondary N) is 1. The summed E-state index contributed by atoms with van der Waals surface area (Å²) in [5, 5.41) is 13.0. The van der Waals surface area contributed by atoms with Crippen LogP contribution in [0.2, 0.25) is 5.02 Å². The molecule has 4 heteroatoms. The van der Waals surface area contributed by atoms with Gasteiger partial charge in [-0.25, -0.2) is 0 Å². The highest BCUT2D eigenvalue weighted by Crippen LogP contribution is 2.34. The first-order valence-corrected chi connectivity index (χ1v) is 7.48. The van der Waals surface area contributed by atoms with Crippen molar-refractivity contribution in [2.75, 3.05) is 0 Å². The van der Waals surface area contributed by atoms with Gasteiger partial charge >= 0.3 is 0 Å². The van der Waals surface area contributed by atoms with E-state index in [9.17, 15) is 10.1 Å². The minimum atomic E-state index is -0.830. The van der Waals surface area contributed by atoms with Gasteiger partial charge in [-0.3, -0.25) is 4.79 Å². The summed E-state index contributed by atoms with van der Waals surface area (Å²) in [5.74, 6) is -0.128. The maximum absolute atomic E-state index is 12.4. The Labute approximate surface area is 124 Å². The summed E-state index contributed by atoms with van der Waals surface area (Å²) in [4.78, 5) is 12.4. The Hall–Kier alpha value is -1.53. The molecule has 1 aliphatic carbocycles. The van der Waals surface area contributed by atoms with Crippen LogP contribution in [0.25, 0.3) is 0 Å². The van der Waals surface area contributed by atoms with Crippen LogP contribution in [0.3, 0.4) is 0 Å². The molecule has 1 aliphatic rings. The maximum atomic E-state index is 12.4. The smallest absolute Gasteiger partial charge is 0.240 e. The average Bonchev–Trinajstić information content (AvgIpc) is 2.73. The van der Waals surface area contributed by atoms with Crippen molar-refractivity contribution < 1.29 is 4.79 Å². The van der Waals surface area contributed by atoms with E-state index in [1.54, 1.807) is 12.1 Å². The highest BCUT2D eigenvalue weighted by molar-refractivity contribution is 6.30. The largest absolute Gasteiger partial charge is 0.351 e. The molecule has 20 heavy (non-hydrogen) atoms. The van der Waals surface area contributed by atoms with Crippen molar-refractivity contribution in [2.24, 2.45) is 5.41 Å². The molecule has 1 saturated carbocycles. The summed E-state index contributed by atoms with van der Waals surface area (Å²) >= 11 is 5.83. The molecule has 0 heterocycles. The van der Waals surface area contributed by atoms with E-state index < -0.39 is 5.41 Å². The van der Waals surface area contributed by atoms with Crippen LogP contribution in [0.5, 0.6) is 0 Å². The fourth-order valence-electron chi connectivity index (χ4n) is 2.68. The Morgan fingerprint density at radius 3 is 2.35 bits per heavy atom. The number of halogens is 1. The second-order valence-electron chi connectivity index (χ2n) is 5.42. The van der Waals surface area contributed by atoms with Gasteiger partial charge in [-0.15, -0.1) is 0 Å². The van der Waals surface area contributed by atoms with Crippen molar-refractivity contribution in [1.29, 1.82) is 5.26 Å². The number of carbonyl (C=O) groups excluding carboxylic acids is 1. The molecule has 0 saturated heterocycles. The van der Waals surface area contributed by atoms with Gasteiger partial charge in [0.15, 0.2) is 0 Å². The summed E-state index contributed by atoms with van der Waals surface area (Å²) in [6.45, 7) is 0.444. The van der Waals surface area contributed by atoms with E-state index in [4.69, 9.17) is 11.6 Å². The van der Waals surface area contributed by atoms with Crippen LogP contribution >= 0.6 is 11.6 Å². The predicted molar refractivity (Wildman–Crippen MR) is 79.0 cm³/mol. The van der Waals surface area contributed by atoms with E-state index in [1.807, 2.05) is 12.1 Å². The molecule has 0 spiro atoms. The van der Waals surface area contributed by atoms with Gasteiger partial charge in [0, 0.05) is 11.6 Å². The van der Waals surface area contributed by atoms with Crippen molar-refractivity contribution in [3.05, 3.63) is 34.9 Å². The van der Waals surface area contributed by atoms with Gasteiger partial charge in [-0.05, 0) is 30.5 Å². The first-order valence-electron chi connectivity index (χ1n) is 7.10. The number of carbonyl (C=O) groups is 1. The quantitative estimate of drug-likeness (QED) is 0.860. The Morgan fingerprint density at radius 2 is 1.80 bits per heavy atom.